The summed E-state index contributed by atoms with van der Waals surface area (Å²) in [5.41, 5.74) is 19.0. The van der Waals surface area contributed by atoms with Crippen molar-refractivity contribution in [3.05, 3.63) is 71.3 Å². The van der Waals surface area contributed by atoms with E-state index in [-0.39, 0.29) is 99.1 Å². The molecule has 2 aromatic rings. The Labute approximate surface area is 765 Å². The second-order valence-electron chi connectivity index (χ2n) is 30.9. The van der Waals surface area contributed by atoms with Gasteiger partial charge in [0.15, 0.2) is 0 Å². The number of aliphatic hydroxyl groups is 1. The highest BCUT2D eigenvalue weighted by Gasteiger charge is 2.43. The number of unbranched alkanes of at least 4 members (excludes halogenated alkanes) is 1. The molecule has 18 N–H and O–H groups in total. The van der Waals surface area contributed by atoms with Crippen molar-refractivity contribution in [1.82, 2.24) is 57.7 Å². The molecule has 0 bridgehead atoms. The van der Waals surface area contributed by atoms with Crippen LogP contribution in [-0.2, 0) is 123 Å². The summed E-state index contributed by atoms with van der Waals surface area (Å²) in [5.74, 6) is -10.1. The minimum Gasteiger partial charge on any atom is -0.481 e. The van der Waals surface area contributed by atoms with E-state index in [0.29, 0.717) is 234 Å². The van der Waals surface area contributed by atoms with E-state index >= 15 is 0 Å². The van der Waals surface area contributed by atoms with Crippen LogP contribution in [0.4, 0.5) is 0 Å². The molecule has 1 unspecified atom stereocenters. The molecule has 0 aliphatic carbocycles. The van der Waals surface area contributed by atoms with E-state index in [9.17, 15) is 77.6 Å². The van der Waals surface area contributed by atoms with Gasteiger partial charge in [-0.1, -0.05) is 81.3 Å². The molecule has 40 nitrogen and oxygen atoms in total. The van der Waals surface area contributed by atoms with Crippen LogP contribution in [0.15, 0.2) is 59.6 Å². The van der Waals surface area contributed by atoms with Crippen LogP contribution in [0.3, 0.4) is 0 Å². The number of ether oxygens (including phenoxy) is 9. The Bertz CT molecular complexity index is 3620. The number of nitrogens with zero attached hydrogens (tertiary/aromatic N) is 3. The second kappa shape index (κ2) is 70.4. The summed E-state index contributed by atoms with van der Waals surface area (Å²) in [4.78, 5) is 178. The van der Waals surface area contributed by atoms with E-state index in [1.807, 2.05) is 31.2 Å². The maximum Gasteiger partial charge on any atom is 0.327 e. The van der Waals surface area contributed by atoms with Gasteiger partial charge in [0.05, 0.1) is 130 Å². The minimum atomic E-state index is -1.45. The number of hydrogen-bond acceptors (Lipinski definition) is 29. The van der Waals surface area contributed by atoms with Gasteiger partial charge in [-0.3, -0.25) is 57.5 Å². The molecule has 0 radical (unpaired) electrons. The standard InChI is InChI=1S/C87H143N15O25S2/c1-4-5-18-69(97-77(106)23-22-75(104)93-28-12-35-119-39-43-123-44-40-120-36-13-29-94-76(105)25-37-121-41-45-124-47-49-126-51-52-127-50-48-125-46-42-122-38-32-95-81(111)67(55-91-30-26-88)56-92-31-27-89)82(112)96-57-68(85(115)102-34-11-20-74(102)86(116)101-33-10-19-73(101)79(90)109)60-128-58-65-16-9-17-66(53-65)59-129-61-72(87(117)118)100-84(114)71(54-64-14-7-6-8-15-64)99-83(113)70(21-24-78(107)108)98-80(110)62(2)63(3)103/h6-9,14-17,53,57,62-63,67-74,91-92,103H,4-5,10-13,18-52,54-56,58-61,88-89H2,1-3H3,(H2,90,109)(H,93,104)(H,94,105)(H,95,111)(H,97,106)(H,98,110)(H,99,113)(H,100,114)(H,107,108)(H,117,118)/b96-57+/t62-,63+,68?,69-,70-,71-,72-,73-,74-/m0/s1. The molecule has 2 aliphatic heterocycles. The summed E-state index contributed by atoms with van der Waals surface area (Å²) in [7, 11) is 0. The van der Waals surface area contributed by atoms with Crippen LogP contribution < -0.4 is 65.1 Å². The SMILES string of the molecule is CCCC[C@H](NC(=O)CCC(=O)NCCCOCCOCCOCCCNC(=O)CCOCCOCCOCCOCCOCCOCCNC(=O)C(CNCCN)CNCCN)C(=O)/N=C/C(CSCc1cccc(CSC[C@H](NC(=O)[C@H](Cc2ccccc2)NC(=O)[C@H](CCC(=O)O)NC(=O)[C@@H](C)[C@@H](C)O)C(=O)O)c1)C(=O)N1CCC[C@H]1C(=O)N1CCC[C@H]1C(N)=O. The fourth-order valence-corrected chi connectivity index (χ4v) is 15.2. The molecule has 0 spiro atoms. The highest BCUT2D eigenvalue weighted by atomic mass is 32.2. The fourth-order valence-electron chi connectivity index (χ4n) is 13.1. The molecule has 42 heteroatoms. The lowest BCUT2D eigenvalue weighted by Crippen LogP contribution is -2.57. The summed E-state index contributed by atoms with van der Waals surface area (Å²) < 4.78 is 50.0. The number of thioether (sulfide) groups is 2. The number of benzene rings is 2. The average Bonchev–Trinajstić information content (AvgIpc) is 1.67. The van der Waals surface area contributed by atoms with Gasteiger partial charge in [-0.25, -0.2) is 9.79 Å². The topological polar surface area (TPSA) is 571 Å². The lowest BCUT2D eigenvalue weighted by atomic mass is 10.0. The van der Waals surface area contributed by atoms with Gasteiger partial charge in [0.1, 0.15) is 36.3 Å². The van der Waals surface area contributed by atoms with Crippen molar-refractivity contribution in [3.8, 4) is 0 Å². The van der Waals surface area contributed by atoms with Gasteiger partial charge in [-0.05, 0) is 75.0 Å². The second-order valence-corrected chi connectivity index (χ2v) is 33.0. The summed E-state index contributed by atoms with van der Waals surface area (Å²) in [5, 5.41) is 55.0. The summed E-state index contributed by atoms with van der Waals surface area (Å²) in [6.07, 6.45) is 3.38. The number of primary amides is 1. The number of amides is 11. The largest absolute Gasteiger partial charge is 0.481 e. The first-order valence-corrected chi connectivity index (χ1v) is 47.1. The Morgan fingerprint density at radius 2 is 0.984 bits per heavy atom. The van der Waals surface area contributed by atoms with Crippen molar-refractivity contribution < 1.29 is 120 Å². The Hall–Kier alpha value is -8.44. The smallest absolute Gasteiger partial charge is 0.327 e. The van der Waals surface area contributed by atoms with Crippen molar-refractivity contribution in [2.45, 2.75) is 171 Å². The molecule has 0 saturated carbocycles. The Morgan fingerprint density at radius 1 is 0.496 bits per heavy atom. The van der Waals surface area contributed by atoms with Crippen LogP contribution in [0.1, 0.15) is 127 Å². The molecule has 9 atom stereocenters. The van der Waals surface area contributed by atoms with Crippen LogP contribution in [0, 0.1) is 17.8 Å². The lowest BCUT2D eigenvalue weighted by molar-refractivity contribution is -0.146. The first-order chi connectivity index (χ1) is 62.4. The van der Waals surface area contributed by atoms with E-state index in [4.69, 9.17) is 59.8 Å². The molecular weight excluding hydrogens is 1720 g/mol. The van der Waals surface area contributed by atoms with E-state index in [1.54, 1.807) is 30.3 Å². The maximum absolute atomic E-state index is 14.8. The average molecular weight is 1860 g/mol. The Kier molecular flexibility index (Phi) is 61.6. The first-order valence-electron chi connectivity index (χ1n) is 44.8. The number of rotatable bonds is 77. The first kappa shape index (κ1) is 113. The van der Waals surface area contributed by atoms with Crippen molar-refractivity contribution in [2.75, 3.05) is 202 Å². The number of carboxylic acids is 2. The maximum atomic E-state index is 14.8. The molecule has 129 heavy (non-hydrogen) atoms. The van der Waals surface area contributed by atoms with Crippen LogP contribution in [0.5, 0.6) is 0 Å². The summed E-state index contributed by atoms with van der Waals surface area (Å²) in [6, 6.07) is 8.95. The predicted octanol–water partition coefficient (Wildman–Crippen LogP) is -0.666. The number of nitrogens with two attached hydrogens (primary N) is 3. The third-order valence-electron chi connectivity index (χ3n) is 20.5. The normalized spacial score (nSPS) is 15.5. The molecular formula is C87H143N15O25S2. The molecule has 2 aliphatic rings. The van der Waals surface area contributed by atoms with E-state index in [0.717, 1.165) is 11.1 Å². The number of aliphatic carboxylic acids is 2. The number of carboxylic acid groups (broad SMARTS) is 2. The highest BCUT2D eigenvalue weighted by molar-refractivity contribution is 7.98. The molecule has 2 saturated heterocycles. The van der Waals surface area contributed by atoms with Gasteiger partial charge in [0.25, 0.3) is 5.91 Å². The van der Waals surface area contributed by atoms with Crippen molar-refractivity contribution in [2.24, 2.45) is 39.9 Å². The van der Waals surface area contributed by atoms with Crippen molar-refractivity contribution >= 4 is 107 Å². The Balaban J connectivity index is 1.10. The third-order valence-corrected chi connectivity index (χ3v) is 22.7. The number of nitrogens with one attached hydrogen (secondary N) is 9. The lowest BCUT2D eigenvalue weighted by Gasteiger charge is -2.31. The number of hydrogen-bond donors (Lipinski definition) is 15. The van der Waals surface area contributed by atoms with Crippen LogP contribution in [0.2, 0.25) is 0 Å². The number of carbonyl (C=O) groups excluding carboxylic acids is 11. The predicted molar refractivity (Wildman–Crippen MR) is 484 cm³/mol. The molecule has 2 fully saturated rings. The molecule has 2 aromatic carbocycles. The van der Waals surface area contributed by atoms with Gasteiger partial charge >= 0.3 is 11.9 Å². The molecule has 0 aromatic heterocycles. The molecule has 2 heterocycles. The van der Waals surface area contributed by atoms with E-state index in [2.05, 4.69) is 52.8 Å². The van der Waals surface area contributed by atoms with Gasteiger partial charge in [-0.15, -0.1) is 0 Å². The highest BCUT2D eigenvalue weighted by Crippen LogP contribution is 2.28. The number of aliphatic hydroxyl groups excluding tert-OH is 1. The van der Waals surface area contributed by atoms with Crippen molar-refractivity contribution in [3.63, 3.8) is 0 Å². The van der Waals surface area contributed by atoms with Gasteiger partial charge in [-0.2, -0.15) is 23.5 Å². The summed E-state index contributed by atoms with van der Waals surface area (Å²) >= 11 is 2.56. The van der Waals surface area contributed by atoms with E-state index < -0.39 is 120 Å². The van der Waals surface area contributed by atoms with Crippen LogP contribution >= 0.6 is 23.5 Å². The monoisotopic (exact) mass is 1860 g/mol. The zero-order valence-electron chi connectivity index (χ0n) is 75.2. The third kappa shape index (κ3) is 50.7. The number of aliphatic imine (C=N–C) groups is 1. The van der Waals surface area contributed by atoms with Crippen molar-refractivity contribution in [1.29, 1.82) is 0 Å². The van der Waals surface area contributed by atoms with Crippen LogP contribution in [-0.4, -0.2) is 353 Å². The molecule has 4 rings (SSSR count). The minimum absolute atomic E-state index is 0.0643. The van der Waals surface area contributed by atoms with Gasteiger partial charge in [0.2, 0.25) is 59.1 Å². The quantitative estimate of drug-likeness (QED) is 0.0289. The molecule has 728 valence electrons. The Morgan fingerprint density at radius 3 is 1.52 bits per heavy atom. The van der Waals surface area contributed by atoms with Gasteiger partial charge in [0, 0.05) is 147 Å². The van der Waals surface area contributed by atoms with Gasteiger partial charge < -0.3 is 133 Å². The summed E-state index contributed by atoms with van der Waals surface area (Å²) in [6.45, 7) is 16.4. The van der Waals surface area contributed by atoms with Crippen LogP contribution in [0.25, 0.3) is 0 Å². The number of likely N-dealkylation sites (tertiary alicyclic amines) is 2. The number of carbonyl (C=O) groups is 13. The zero-order chi connectivity index (χ0) is 94.0. The zero-order valence-corrected chi connectivity index (χ0v) is 76.8. The molecule has 11 amide bonds. The fraction of sp³-hybridized carbons (Fsp3) is 0.701. The van der Waals surface area contributed by atoms with E-state index in [1.165, 1.54) is 53.4 Å².